The van der Waals surface area contributed by atoms with E-state index in [2.05, 4.69) is 21.9 Å². The molecule has 0 bridgehead atoms. The fourth-order valence-corrected chi connectivity index (χ4v) is 1.63. The predicted octanol–water partition coefficient (Wildman–Crippen LogP) is 1.96. The van der Waals surface area contributed by atoms with Gasteiger partial charge in [-0.2, -0.15) is 0 Å². The Morgan fingerprint density at radius 1 is 1.32 bits per heavy atom. The Morgan fingerprint density at radius 3 is 2.50 bits per heavy atom. The van der Waals surface area contributed by atoms with Crippen LogP contribution >= 0.6 is 0 Å². The zero-order valence-electron chi connectivity index (χ0n) is 13.6. The first kappa shape index (κ1) is 17.6. The number of hydrogen-bond donors (Lipinski definition) is 2. The molecule has 0 aliphatic rings. The van der Waals surface area contributed by atoms with Crippen molar-refractivity contribution in [1.82, 2.24) is 5.32 Å². The van der Waals surface area contributed by atoms with Crippen LogP contribution in [0.15, 0.2) is 18.2 Å². The van der Waals surface area contributed by atoms with E-state index in [-0.39, 0.29) is 5.41 Å². The van der Waals surface area contributed by atoms with Gasteiger partial charge in [-0.3, -0.25) is 4.79 Å². The van der Waals surface area contributed by atoms with Gasteiger partial charge in [0.2, 0.25) is 0 Å². The first-order valence-corrected chi connectivity index (χ1v) is 6.95. The van der Waals surface area contributed by atoms with Crippen LogP contribution in [0.25, 0.3) is 0 Å². The van der Waals surface area contributed by atoms with Crippen molar-refractivity contribution in [2.24, 2.45) is 5.41 Å². The van der Waals surface area contributed by atoms with Crippen molar-refractivity contribution in [3.63, 3.8) is 0 Å². The molecule has 0 aliphatic carbocycles. The second-order valence-corrected chi connectivity index (χ2v) is 6.02. The molecule has 0 aromatic heterocycles. The molecule has 0 aliphatic heterocycles. The summed E-state index contributed by atoms with van der Waals surface area (Å²) in [5.41, 5.74) is 7.00. The number of nitrogens with two attached hydrogens (primary N) is 1. The average Bonchev–Trinajstić information content (AvgIpc) is 2.43. The van der Waals surface area contributed by atoms with E-state index in [1.807, 2.05) is 20.8 Å². The topological polar surface area (TPSA) is 81.4 Å². The third-order valence-electron chi connectivity index (χ3n) is 2.76. The first-order chi connectivity index (χ1) is 10.1. The number of esters is 1. The van der Waals surface area contributed by atoms with Crippen molar-refractivity contribution < 1.29 is 14.3 Å². The molecular weight excluding hydrogens is 280 g/mol. The minimum atomic E-state index is -0.738. The van der Waals surface area contributed by atoms with Gasteiger partial charge in [0.1, 0.15) is 6.04 Å². The number of methoxy groups -OCH3 is 1. The largest absolute Gasteiger partial charge is 0.467 e. The molecule has 0 saturated heterocycles. The summed E-state index contributed by atoms with van der Waals surface area (Å²) < 4.78 is 4.59. The van der Waals surface area contributed by atoms with Gasteiger partial charge in [0, 0.05) is 16.7 Å². The van der Waals surface area contributed by atoms with Gasteiger partial charge in [-0.15, -0.1) is 0 Å². The van der Waals surface area contributed by atoms with E-state index in [1.165, 1.54) is 7.11 Å². The molecule has 0 spiro atoms. The number of benzene rings is 1. The number of nitrogen functional groups attached to an aromatic ring is 1. The van der Waals surface area contributed by atoms with Crippen LogP contribution in [-0.4, -0.2) is 25.0 Å². The maximum Gasteiger partial charge on any atom is 0.328 e. The van der Waals surface area contributed by atoms with Crippen molar-refractivity contribution >= 4 is 17.6 Å². The lowest BCUT2D eigenvalue weighted by atomic mass is 9.96. The van der Waals surface area contributed by atoms with E-state index in [1.54, 1.807) is 25.1 Å². The van der Waals surface area contributed by atoms with Crippen LogP contribution in [0.2, 0.25) is 0 Å². The van der Waals surface area contributed by atoms with Gasteiger partial charge in [0.15, 0.2) is 0 Å². The molecule has 0 saturated carbocycles. The van der Waals surface area contributed by atoms with Crippen molar-refractivity contribution in [3.8, 4) is 11.8 Å². The Bertz CT molecular complexity index is 634. The molecule has 118 valence electrons. The molecule has 1 aromatic rings. The van der Waals surface area contributed by atoms with Gasteiger partial charge in [-0.1, -0.05) is 11.8 Å². The summed E-state index contributed by atoms with van der Waals surface area (Å²) in [6.45, 7) is 7.49. The molecule has 5 nitrogen and oxygen atoms in total. The summed E-state index contributed by atoms with van der Waals surface area (Å²) >= 11 is 0. The molecule has 5 heteroatoms. The fourth-order valence-electron chi connectivity index (χ4n) is 1.63. The van der Waals surface area contributed by atoms with Gasteiger partial charge < -0.3 is 15.8 Å². The van der Waals surface area contributed by atoms with Crippen LogP contribution in [0.1, 0.15) is 43.6 Å². The highest BCUT2D eigenvalue weighted by molar-refractivity contribution is 5.99. The minimum Gasteiger partial charge on any atom is -0.467 e. The van der Waals surface area contributed by atoms with E-state index in [9.17, 15) is 9.59 Å². The average molecular weight is 302 g/mol. The van der Waals surface area contributed by atoms with Crippen LogP contribution in [0.4, 0.5) is 5.69 Å². The molecule has 0 unspecified atom stereocenters. The summed E-state index contributed by atoms with van der Waals surface area (Å²) in [5, 5.41) is 2.58. The number of carbonyl (C=O) groups is 2. The van der Waals surface area contributed by atoms with E-state index >= 15 is 0 Å². The molecule has 3 N–H and O–H groups in total. The Labute approximate surface area is 131 Å². The van der Waals surface area contributed by atoms with Crippen molar-refractivity contribution in [2.45, 2.75) is 33.7 Å². The number of rotatable bonds is 3. The van der Waals surface area contributed by atoms with Crippen LogP contribution in [0.3, 0.4) is 0 Å². The SMILES string of the molecule is COC(=O)[C@H](C)NC(=O)c1ccc(N)cc1C#CC(C)(C)C. The summed E-state index contributed by atoms with van der Waals surface area (Å²) in [6, 6.07) is 4.14. The number of anilines is 1. The van der Waals surface area contributed by atoms with Crippen LogP contribution in [0, 0.1) is 17.3 Å². The van der Waals surface area contributed by atoms with E-state index in [0.717, 1.165) is 0 Å². The molecule has 1 atom stereocenters. The Balaban J connectivity index is 3.10. The maximum atomic E-state index is 12.3. The smallest absolute Gasteiger partial charge is 0.328 e. The lowest BCUT2D eigenvalue weighted by Crippen LogP contribution is -2.39. The minimum absolute atomic E-state index is 0.197. The predicted molar refractivity (Wildman–Crippen MR) is 86.1 cm³/mol. The molecule has 0 heterocycles. The van der Waals surface area contributed by atoms with Crippen molar-refractivity contribution in [2.75, 3.05) is 12.8 Å². The van der Waals surface area contributed by atoms with Crippen molar-refractivity contribution in [1.29, 1.82) is 0 Å². The highest BCUT2D eigenvalue weighted by atomic mass is 16.5. The second-order valence-electron chi connectivity index (χ2n) is 6.02. The first-order valence-electron chi connectivity index (χ1n) is 6.95. The molecule has 0 radical (unpaired) electrons. The van der Waals surface area contributed by atoms with E-state index < -0.39 is 17.9 Å². The fraction of sp³-hybridized carbons (Fsp3) is 0.412. The zero-order valence-corrected chi connectivity index (χ0v) is 13.6. The number of carbonyl (C=O) groups excluding carboxylic acids is 2. The van der Waals surface area contributed by atoms with Gasteiger partial charge in [0.25, 0.3) is 5.91 Å². The van der Waals surface area contributed by atoms with Gasteiger partial charge >= 0.3 is 5.97 Å². The van der Waals surface area contributed by atoms with Crippen molar-refractivity contribution in [3.05, 3.63) is 29.3 Å². The number of ether oxygens (including phenoxy) is 1. The van der Waals surface area contributed by atoms with Crippen LogP contribution in [0.5, 0.6) is 0 Å². The summed E-state index contributed by atoms with van der Waals surface area (Å²) in [7, 11) is 1.27. The highest BCUT2D eigenvalue weighted by Gasteiger charge is 2.18. The normalized spacial score (nSPS) is 11.9. The van der Waals surface area contributed by atoms with Crippen LogP contribution in [-0.2, 0) is 9.53 Å². The third kappa shape index (κ3) is 5.13. The molecule has 22 heavy (non-hydrogen) atoms. The lowest BCUT2D eigenvalue weighted by molar-refractivity contribution is -0.142. The second kappa shape index (κ2) is 6.99. The monoisotopic (exact) mass is 302 g/mol. The van der Waals surface area contributed by atoms with Gasteiger partial charge in [0.05, 0.1) is 12.7 Å². The molecule has 0 fully saturated rings. The quantitative estimate of drug-likeness (QED) is 0.508. The van der Waals surface area contributed by atoms with E-state index in [4.69, 9.17) is 5.73 Å². The highest BCUT2D eigenvalue weighted by Crippen LogP contribution is 2.15. The Hall–Kier alpha value is -2.48. The third-order valence-corrected chi connectivity index (χ3v) is 2.76. The number of nitrogens with one attached hydrogen (secondary N) is 1. The van der Waals surface area contributed by atoms with Gasteiger partial charge in [-0.05, 0) is 45.9 Å². The molecule has 1 rings (SSSR count). The summed E-state index contributed by atoms with van der Waals surface area (Å²) in [5.74, 6) is 5.15. The van der Waals surface area contributed by atoms with E-state index in [0.29, 0.717) is 16.8 Å². The molecule has 1 aromatic carbocycles. The number of hydrogen-bond acceptors (Lipinski definition) is 4. The zero-order chi connectivity index (χ0) is 16.9. The maximum absolute atomic E-state index is 12.3. The molecular formula is C17H22N2O3. The Kier molecular flexibility index (Phi) is 5.58. The van der Waals surface area contributed by atoms with Crippen LogP contribution < -0.4 is 11.1 Å². The molecule has 1 amide bonds. The van der Waals surface area contributed by atoms with Gasteiger partial charge in [-0.25, -0.2) is 4.79 Å². The summed E-state index contributed by atoms with van der Waals surface area (Å²) in [6.07, 6.45) is 0. The lowest BCUT2D eigenvalue weighted by Gasteiger charge is -2.13. The summed E-state index contributed by atoms with van der Waals surface area (Å²) in [4.78, 5) is 23.7. The standard InChI is InChI=1S/C17H22N2O3/c1-11(16(21)22-5)19-15(20)14-7-6-13(18)10-12(14)8-9-17(2,3)4/h6-7,10-11H,18H2,1-5H3,(H,19,20)/t11-/m0/s1. The Morgan fingerprint density at radius 2 is 1.95 bits per heavy atom. The number of amides is 1.